The van der Waals surface area contributed by atoms with Crippen molar-refractivity contribution in [3.8, 4) is 0 Å². The second-order valence-electron chi connectivity index (χ2n) is 5.18. The van der Waals surface area contributed by atoms with Crippen LogP contribution in [0.5, 0.6) is 0 Å². The van der Waals surface area contributed by atoms with Gasteiger partial charge in [0.25, 0.3) is 0 Å². The second-order valence-corrected chi connectivity index (χ2v) is 5.18. The number of nitrogen functional groups attached to an aromatic ring is 1. The maximum Gasteiger partial charge on any atom is 0.127 e. The Bertz CT molecular complexity index is 417. The maximum atomic E-state index is 6.27. The number of ether oxygens (including phenoxy) is 1. The van der Waals surface area contributed by atoms with Crippen LogP contribution in [0.1, 0.15) is 50.0 Å². The fraction of sp³-hybridized carbons (Fsp3) is 0.643. The van der Waals surface area contributed by atoms with Crippen molar-refractivity contribution >= 4 is 5.82 Å². The number of nitrogens with two attached hydrogens (primary N) is 1. The molecule has 0 atom stereocenters. The minimum Gasteiger partial charge on any atom is -0.384 e. The zero-order valence-corrected chi connectivity index (χ0v) is 11.4. The molecule has 2 rings (SSSR count). The largest absolute Gasteiger partial charge is 0.384 e. The lowest BCUT2D eigenvalue weighted by Crippen LogP contribution is -2.16. The molecule has 0 saturated carbocycles. The third-order valence-electron chi connectivity index (χ3n) is 3.50. The van der Waals surface area contributed by atoms with E-state index in [4.69, 9.17) is 15.5 Å². The van der Waals surface area contributed by atoms with Crippen molar-refractivity contribution in [1.82, 2.24) is 9.55 Å². The van der Waals surface area contributed by atoms with Crippen LogP contribution in [0.2, 0.25) is 0 Å². The van der Waals surface area contributed by atoms with Gasteiger partial charge < -0.3 is 15.0 Å². The first-order valence-corrected chi connectivity index (χ1v) is 6.69. The van der Waals surface area contributed by atoms with E-state index in [0.717, 1.165) is 49.9 Å². The van der Waals surface area contributed by atoms with E-state index < -0.39 is 0 Å². The molecule has 2 N–H and O–H groups in total. The third-order valence-corrected chi connectivity index (χ3v) is 3.50. The minimum absolute atomic E-state index is 0.376. The van der Waals surface area contributed by atoms with Gasteiger partial charge in [0.2, 0.25) is 0 Å². The summed E-state index contributed by atoms with van der Waals surface area (Å²) in [6, 6.07) is 0. The summed E-state index contributed by atoms with van der Waals surface area (Å²) in [7, 11) is 0. The topological polar surface area (TPSA) is 53.1 Å². The van der Waals surface area contributed by atoms with Crippen molar-refractivity contribution in [1.29, 1.82) is 0 Å². The van der Waals surface area contributed by atoms with E-state index >= 15 is 0 Å². The SMILES string of the molecule is C=CCn1c(C(C)C)nc(C2CCOCC2)c1N. The van der Waals surface area contributed by atoms with Crippen molar-refractivity contribution in [2.75, 3.05) is 18.9 Å². The molecule has 1 aliphatic rings. The molecule has 1 saturated heterocycles. The molecular formula is C14H23N3O. The fourth-order valence-electron chi connectivity index (χ4n) is 2.54. The Kier molecular flexibility index (Phi) is 4.07. The number of hydrogen-bond donors (Lipinski definition) is 1. The van der Waals surface area contributed by atoms with Crippen LogP contribution < -0.4 is 5.73 Å². The van der Waals surface area contributed by atoms with Crippen LogP contribution in [0.4, 0.5) is 5.82 Å². The maximum absolute atomic E-state index is 6.27. The monoisotopic (exact) mass is 249 g/mol. The zero-order chi connectivity index (χ0) is 13.1. The highest BCUT2D eigenvalue weighted by atomic mass is 16.5. The molecule has 0 spiro atoms. The smallest absolute Gasteiger partial charge is 0.127 e. The van der Waals surface area contributed by atoms with E-state index in [1.807, 2.05) is 6.08 Å². The van der Waals surface area contributed by atoms with Crippen molar-refractivity contribution in [3.05, 3.63) is 24.2 Å². The van der Waals surface area contributed by atoms with Gasteiger partial charge in [-0.3, -0.25) is 0 Å². The van der Waals surface area contributed by atoms with Gasteiger partial charge in [-0.25, -0.2) is 4.98 Å². The summed E-state index contributed by atoms with van der Waals surface area (Å²) in [6.45, 7) is 10.5. The van der Waals surface area contributed by atoms with E-state index in [1.165, 1.54) is 0 Å². The van der Waals surface area contributed by atoms with Gasteiger partial charge in [0.05, 0.1) is 5.69 Å². The molecule has 0 aliphatic carbocycles. The molecule has 0 bridgehead atoms. The lowest BCUT2D eigenvalue weighted by Gasteiger charge is -2.20. The molecule has 4 nitrogen and oxygen atoms in total. The molecule has 1 aliphatic heterocycles. The van der Waals surface area contributed by atoms with Crippen LogP contribution in [0.15, 0.2) is 12.7 Å². The summed E-state index contributed by atoms with van der Waals surface area (Å²) in [5.74, 6) is 2.70. The quantitative estimate of drug-likeness (QED) is 0.835. The number of anilines is 1. The van der Waals surface area contributed by atoms with E-state index in [1.54, 1.807) is 0 Å². The lowest BCUT2D eigenvalue weighted by atomic mass is 9.96. The van der Waals surface area contributed by atoms with E-state index in [-0.39, 0.29) is 0 Å². The zero-order valence-electron chi connectivity index (χ0n) is 11.4. The summed E-state index contributed by atoms with van der Waals surface area (Å²) < 4.78 is 7.49. The van der Waals surface area contributed by atoms with Gasteiger partial charge in [-0.05, 0) is 12.8 Å². The van der Waals surface area contributed by atoms with Crippen molar-refractivity contribution < 1.29 is 4.74 Å². The number of aromatic nitrogens is 2. The van der Waals surface area contributed by atoms with E-state index in [9.17, 15) is 0 Å². The molecule has 0 radical (unpaired) electrons. The van der Waals surface area contributed by atoms with Crippen molar-refractivity contribution in [2.45, 2.75) is 45.1 Å². The molecule has 100 valence electrons. The summed E-state index contributed by atoms with van der Waals surface area (Å²) in [5.41, 5.74) is 7.33. The highest BCUT2D eigenvalue weighted by molar-refractivity contribution is 5.41. The average molecular weight is 249 g/mol. The predicted octanol–water partition coefficient (Wildman–Crippen LogP) is 2.67. The first-order valence-electron chi connectivity index (χ1n) is 6.69. The van der Waals surface area contributed by atoms with E-state index in [0.29, 0.717) is 11.8 Å². The van der Waals surface area contributed by atoms with Gasteiger partial charge in [0.15, 0.2) is 0 Å². The fourth-order valence-corrected chi connectivity index (χ4v) is 2.54. The van der Waals surface area contributed by atoms with E-state index in [2.05, 4.69) is 25.0 Å². The van der Waals surface area contributed by atoms with Gasteiger partial charge in [0, 0.05) is 31.6 Å². The Morgan fingerprint density at radius 3 is 2.72 bits per heavy atom. The standard InChI is InChI=1S/C14H23N3O/c1-4-7-17-13(15)12(16-14(17)10(2)3)11-5-8-18-9-6-11/h4,10-11H,1,5-9,15H2,2-3H3. The first-order chi connectivity index (χ1) is 8.65. The Morgan fingerprint density at radius 2 is 2.17 bits per heavy atom. The molecule has 1 aromatic rings. The normalized spacial score (nSPS) is 17.3. The number of allylic oxidation sites excluding steroid dienone is 1. The molecule has 1 fully saturated rings. The van der Waals surface area contributed by atoms with Crippen LogP contribution in [0.25, 0.3) is 0 Å². The number of rotatable bonds is 4. The van der Waals surface area contributed by atoms with Crippen LogP contribution >= 0.6 is 0 Å². The summed E-state index contributed by atoms with van der Waals surface area (Å²) in [5, 5.41) is 0. The molecule has 18 heavy (non-hydrogen) atoms. The summed E-state index contributed by atoms with van der Waals surface area (Å²) >= 11 is 0. The summed E-state index contributed by atoms with van der Waals surface area (Å²) in [6.07, 6.45) is 3.91. The number of nitrogens with zero attached hydrogens (tertiary/aromatic N) is 2. The Labute approximate surface area is 109 Å². The van der Waals surface area contributed by atoms with Gasteiger partial charge in [0.1, 0.15) is 11.6 Å². The predicted molar refractivity (Wildman–Crippen MR) is 73.7 cm³/mol. The number of hydrogen-bond acceptors (Lipinski definition) is 3. The second kappa shape index (κ2) is 5.57. The molecule has 2 heterocycles. The Hall–Kier alpha value is -1.29. The lowest BCUT2D eigenvalue weighted by molar-refractivity contribution is 0.0847. The third kappa shape index (κ3) is 2.43. The molecular weight excluding hydrogens is 226 g/mol. The Morgan fingerprint density at radius 1 is 1.50 bits per heavy atom. The van der Waals surface area contributed by atoms with Crippen LogP contribution in [0.3, 0.4) is 0 Å². The molecule has 1 aromatic heterocycles. The number of imidazole rings is 1. The highest BCUT2D eigenvalue weighted by Crippen LogP contribution is 2.32. The van der Waals surface area contributed by atoms with Crippen molar-refractivity contribution in [2.24, 2.45) is 0 Å². The van der Waals surface area contributed by atoms with Gasteiger partial charge in [-0.15, -0.1) is 6.58 Å². The minimum atomic E-state index is 0.376. The van der Waals surface area contributed by atoms with Crippen LogP contribution in [-0.2, 0) is 11.3 Å². The molecule has 0 amide bonds. The molecule has 0 aromatic carbocycles. The van der Waals surface area contributed by atoms with Crippen LogP contribution in [-0.4, -0.2) is 22.8 Å². The average Bonchev–Trinajstić information content (AvgIpc) is 2.69. The van der Waals surface area contributed by atoms with Crippen molar-refractivity contribution in [3.63, 3.8) is 0 Å². The molecule has 0 unspecified atom stereocenters. The summed E-state index contributed by atoms with van der Waals surface area (Å²) in [4.78, 5) is 4.79. The Balaban J connectivity index is 2.35. The first kappa shape index (κ1) is 13.1. The van der Waals surface area contributed by atoms with Gasteiger partial charge >= 0.3 is 0 Å². The van der Waals surface area contributed by atoms with Gasteiger partial charge in [-0.1, -0.05) is 19.9 Å². The highest BCUT2D eigenvalue weighted by Gasteiger charge is 2.24. The molecule has 4 heteroatoms. The van der Waals surface area contributed by atoms with Gasteiger partial charge in [-0.2, -0.15) is 0 Å². The van der Waals surface area contributed by atoms with Crippen LogP contribution in [0, 0.1) is 0 Å².